The summed E-state index contributed by atoms with van der Waals surface area (Å²) < 4.78 is 32.8. The summed E-state index contributed by atoms with van der Waals surface area (Å²) in [6.07, 6.45) is 1.81. The zero-order valence-corrected chi connectivity index (χ0v) is 15.2. The number of likely N-dealkylation sites (N-methyl/N-ethyl adjacent to an activating group) is 1. The maximum absolute atomic E-state index is 12.7. The summed E-state index contributed by atoms with van der Waals surface area (Å²) in [6.45, 7) is 1.26. The lowest BCUT2D eigenvalue weighted by Gasteiger charge is -2.24. The maximum Gasteiger partial charge on any atom is 0.243 e. The van der Waals surface area contributed by atoms with E-state index in [1.165, 1.54) is 0 Å². The minimum absolute atomic E-state index is 0. The molecule has 0 amide bonds. The molecule has 1 saturated heterocycles. The van der Waals surface area contributed by atoms with E-state index in [0.29, 0.717) is 28.2 Å². The fourth-order valence-electron chi connectivity index (χ4n) is 2.51. The number of methoxy groups -OCH3 is 1. The van der Waals surface area contributed by atoms with E-state index in [9.17, 15) is 8.42 Å². The van der Waals surface area contributed by atoms with Crippen LogP contribution in [0, 0.1) is 0 Å². The molecule has 0 aliphatic carbocycles. The highest BCUT2D eigenvalue weighted by Crippen LogP contribution is 2.31. The molecule has 1 N–H and O–H groups in total. The monoisotopic (exact) mass is 398 g/mol. The van der Waals surface area contributed by atoms with Crippen LogP contribution in [0.25, 0.3) is 0 Å². The van der Waals surface area contributed by atoms with Crippen molar-refractivity contribution in [2.75, 3.05) is 27.2 Å². The minimum atomic E-state index is -3.45. The van der Waals surface area contributed by atoms with Crippen LogP contribution in [0.4, 0.5) is 0 Å². The number of hydrogen-bond acceptors (Lipinski definition) is 4. The van der Waals surface area contributed by atoms with Crippen molar-refractivity contribution in [3.63, 3.8) is 0 Å². The van der Waals surface area contributed by atoms with Gasteiger partial charge in [-0.05, 0) is 54.0 Å². The van der Waals surface area contributed by atoms with E-state index in [1.54, 1.807) is 29.6 Å². The topological polar surface area (TPSA) is 58.6 Å². The summed E-state index contributed by atoms with van der Waals surface area (Å²) in [6, 6.07) is 4.89. The molecule has 120 valence electrons. The van der Waals surface area contributed by atoms with Crippen molar-refractivity contribution in [1.82, 2.24) is 9.62 Å². The lowest BCUT2D eigenvalue weighted by Crippen LogP contribution is -2.40. The minimum Gasteiger partial charge on any atom is -0.496 e. The average Bonchev–Trinajstić information content (AvgIpc) is 2.88. The Morgan fingerprint density at radius 3 is 2.76 bits per heavy atom. The van der Waals surface area contributed by atoms with Crippen molar-refractivity contribution < 1.29 is 13.2 Å². The molecule has 1 aliphatic rings. The van der Waals surface area contributed by atoms with Crippen LogP contribution in [0.15, 0.2) is 27.6 Å². The van der Waals surface area contributed by atoms with Crippen molar-refractivity contribution in [3.8, 4) is 5.75 Å². The second-order valence-corrected chi connectivity index (χ2v) is 7.51. The van der Waals surface area contributed by atoms with Gasteiger partial charge >= 0.3 is 0 Å². The highest BCUT2D eigenvalue weighted by molar-refractivity contribution is 9.10. The van der Waals surface area contributed by atoms with E-state index < -0.39 is 10.0 Å². The van der Waals surface area contributed by atoms with Crippen LogP contribution in [0.2, 0.25) is 0 Å². The average molecular weight is 400 g/mol. The Hall–Kier alpha value is -0.340. The largest absolute Gasteiger partial charge is 0.496 e. The lowest BCUT2D eigenvalue weighted by atomic mass is 10.2. The van der Waals surface area contributed by atoms with Gasteiger partial charge in [0.05, 0.1) is 16.5 Å². The molecule has 1 fully saturated rings. The molecule has 0 radical (unpaired) electrons. The third-order valence-corrected chi connectivity index (χ3v) is 6.06. The Bertz CT molecular complexity index is 583. The molecule has 1 aromatic rings. The molecule has 5 nitrogen and oxygen atoms in total. The van der Waals surface area contributed by atoms with E-state index in [-0.39, 0.29) is 18.4 Å². The molecule has 2 rings (SSSR count). The van der Waals surface area contributed by atoms with E-state index >= 15 is 0 Å². The van der Waals surface area contributed by atoms with Gasteiger partial charge in [-0.1, -0.05) is 0 Å². The van der Waals surface area contributed by atoms with E-state index in [4.69, 9.17) is 4.74 Å². The molecular formula is C13H20BrClN2O3S. The Morgan fingerprint density at radius 2 is 2.19 bits per heavy atom. The third kappa shape index (κ3) is 3.90. The number of benzene rings is 1. The number of sulfonamides is 1. The standard InChI is InChI=1S/C13H19BrN2O3S.ClH/c1-15-9-10-4-3-7-16(10)20(17,18)11-5-6-13(19-2)12(14)8-11;/h5-6,8,10,15H,3-4,7,9H2,1-2H3;1H. The second-order valence-electron chi connectivity index (χ2n) is 4.77. The van der Waals surface area contributed by atoms with Gasteiger partial charge in [0, 0.05) is 19.1 Å². The van der Waals surface area contributed by atoms with Gasteiger partial charge in [0.25, 0.3) is 0 Å². The molecule has 21 heavy (non-hydrogen) atoms. The van der Waals surface area contributed by atoms with Crippen LogP contribution in [0.3, 0.4) is 0 Å². The zero-order valence-electron chi connectivity index (χ0n) is 12.0. The predicted molar refractivity (Wildman–Crippen MR) is 88.8 cm³/mol. The first-order chi connectivity index (χ1) is 9.50. The molecular weight excluding hydrogens is 380 g/mol. The molecule has 1 aromatic carbocycles. The molecule has 0 saturated carbocycles. The van der Waals surface area contributed by atoms with Crippen molar-refractivity contribution in [2.45, 2.75) is 23.8 Å². The van der Waals surface area contributed by atoms with Crippen molar-refractivity contribution in [3.05, 3.63) is 22.7 Å². The van der Waals surface area contributed by atoms with E-state index in [0.717, 1.165) is 12.8 Å². The lowest BCUT2D eigenvalue weighted by molar-refractivity contribution is 0.379. The number of nitrogens with zero attached hydrogens (tertiary/aromatic N) is 1. The summed E-state index contributed by atoms with van der Waals surface area (Å²) in [5, 5.41) is 3.06. The van der Waals surface area contributed by atoms with Crippen LogP contribution in [-0.2, 0) is 10.0 Å². The Balaban J connectivity index is 0.00000220. The van der Waals surface area contributed by atoms with Crippen LogP contribution in [0.5, 0.6) is 5.75 Å². The summed E-state index contributed by atoms with van der Waals surface area (Å²) in [5.74, 6) is 0.622. The number of hydrogen-bond donors (Lipinski definition) is 1. The highest BCUT2D eigenvalue weighted by Gasteiger charge is 2.34. The maximum atomic E-state index is 12.7. The fourth-order valence-corrected chi connectivity index (χ4v) is 4.92. The smallest absolute Gasteiger partial charge is 0.243 e. The Kier molecular flexibility index (Phi) is 6.93. The van der Waals surface area contributed by atoms with Gasteiger partial charge in [0.15, 0.2) is 0 Å². The van der Waals surface area contributed by atoms with E-state index in [1.807, 2.05) is 7.05 Å². The molecule has 1 heterocycles. The SMILES string of the molecule is CNCC1CCCN1S(=O)(=O)c1ccc(OC)c(Br)c1.Cl. The Morgan fingerprint density at radius 1 is 1.48 bits per heavy atom. The van der Waals surface area contributed by atoms with Gasteiger partial charge in [-0.2, -0.15) is 4.31 Å². The van der Waals surface area contributed by atoms with Crippen LogP contribution in [0.1, 0.15) is 12.8 Å². The van der Waals surface area contributed by atoms with Crippen molar-refractivity contribution >= 4 is 38.4 Å². The molecule has 0 aromatic heterocycles. The second kappa shape index (κ2) is 7.78. The van der Waals surface area contributed by atoms with Crippen molar-refractivity contribution in [1.29, 1.82) is 0 Å². The van der Waals surface area contributed by atoms with Crippen molar-refractivity contribution in [2.24, 2.45) is 0 Å². The molecule has 1 atom stereocenters. The number of ether oxygens (including phenoxy) is 1. The van der Waals surface area contributed by atoms with Gasteiger partial charge in [0.1, 0.15) is 5.75 Å². The summed E-state index contributed by atoms with van der Waals surface area (Å²) in [5.41, 5.74) is 0. The van der Waals surface area contributed by atoms with Gasteiger partial charge in [-0.3, -0.25) is 0 Å². The van der Waals surface area contributed by atoms with Gasteiger partial charge < -0.3 is 10.1 Å². The van der Waals surface area contributed by atoms with Crippen LogP contribution >= 0.6 is 28.3 Å². The van der Waals surface area contributed by atoms with E-state index in [2.05, 4.69) is 21.2 Å². The van der Waals surface area contributed by atoms with Crippen LogP contribution in [-0.4, -0.2) is 46.0 Å². The summed E-state index contributed by atoms with van der Waals surface area (Å²) in [4.78, 5) is 0.299. The first-order valence-corrected chi connectivity index (χ1v) is 8.74. The zero-order chi connectivity index (χ0) is 14.8. The number of rotatable bonds is 5. The molecule has 8 heteroatoms. The molecule has 1 aliphatic heterocycles. The molecule has 0 bridgehead atoms. The number of halogens is 2. The van der Waals surface area contributed by atoms with Crippen LogP contribution < -0.4 is 10.1 Å². The first kappa shape index (κ1) is 18.7. The number of nitrogens with one attached hydrogen (secondary N) is 1. The van der Waals surface area contributed by atoms with Gasteiger partial charge in [-0.15, -0.1) is 12.4 Å². The predicted octanol–water partition coefficient (Wildman–Crippen LogP) is 2.25. The molecule has 1 unspecified atom stereocenters. The quantitative estimate of drug-likeness (QED) is 0.825. The summed E-state index contributed by atoms with van der Waals surface area (Å²) >= 11 is 3.33. The highest BCUT2D eigenvalue weighted by atomic mass is 79.9. The fraction of sp³-hybridized carbons (Fsp3) is 0.538. The van der Waals surface area contributed by atoms with Gasteiger partial charge in [0.2, 0.25) is 10.0 Å². The molecule has 0 spiro atoms. The first-order valence-electron chi connectivity index (χ1n) is 6.50. The third-order valence-electron chi connectivity index (χ3n) is 3.49. The summed E-state index contributed by atoms with van der Waals surface area (Å²) in [7, 11) is -0.0561. The Labute approximate surface area is 140 Å². The normalized spacial score (nSPS) is 19.3. The van der Waals surface area contributed by atoms with Gasteiger partial charge in [-0.25, -0.2) is 8.42 Å².